The minimum Gasteiger partial charge on any atom is -0.294 e. The number of fused-ring (bicyclic) bond motifs is 1. The van der Waals surface area contributed by atoms with Gasteiger partial charge in [-0.05, 0) is 25.8 Å². The normalized spacial score (nSPS) is 10.9. The highest BCUT2D eigenvalue weighted by molar-refractivity contribution is 5.84. The molecule has 1 aromatic carbocycles. The minimum atomic E-state index is -0.181. The van der Waals surface area contributed by atoms with Gasteiger partial charge in [-0.25, -0.2) is 15.0 Å². The van der Waals surface area contributed by atoms with Crippen molar-refractivity contribution in [2.45, 2.75) is 33.6 Å². The van der Waals surface area contributed by atoms with Gasteiger partial charge >= 0.3 is 0 Å². The maximum absolute atomic E-state index is 11.7. The summed E-state index contributed by atoms with van der Waals surface area (Å²) < 4.78 is 0. The summed E-state index contributed by atoms with van der Waals surface area (Å²) in [7, 11) is 0. The van der Waals surface area contributed by atoms with Crippen molar-refractivity contribution < 1.29 is 0 Å². The quantitative estimate of drug-likeness (QED) is 0.774. The number of nitrogens with one attached hydrogen (secondary N) is 2. The van der Waals surface area contributed by atoms with Crippen molar-refractivity contribution in [3.8, 4) is 0 Å². The largest absolute Gasteiger partial charge is 0.294 e. The van der Waals surface area contributed by atoms with E-state index in [2.05, 4.69) is 32.2 Å². The van der Waals surface area contributed by atoms with E-state index in [1.54, 1.807) is 0 Å². The summed E-state index contributed by atoms with van der Waals surface area (Å²) in [6.07, 6.45) is 1.69. The summed E-state index contributed by atoms with van der Waals surface area (Å²) in [4.78, 5) is 27.8. The molecule has 23 heavy (non-hydrogen) atoms. The second-order valence-electron chi connectivity index (χ2n) is 5.56. The summed E-state index contributed by atoms with van der Waals surface area (Å²) in [5, 5.41) is 4.04. The number of nitrogens with zero attached hydrogens (tertiary/aromatic N) is 3. The first kappa shape index (κ1) is 15.1. The Bertz CT molecular complexity index is 916. The van der Waals surface area contributed by atoms with Crippen molar-refractivity contribution >= 4 is 22.8 Å². The van der Waals surface area contributed by atoms with Crippen molar-refractivity contribution in [2.75, 3.05) is 5.32 Å². The number of hydrogen-bond donors (Lipinski definition) is 2. The lowest BCUT2D eigenvalue weighted by molar-refractivity contribution is 0.869. The highest BCUT2D eigenvalue weighted by atomic mass is 16.1. The van der Waals surface area contributed by atoms with Gasteiger partial charge in [-0.3, -0.25) is 15.1 Å². The van der Waals surface area contributed by atoms with Gasteiger partial charge in [0.05, 0.1) is 11.2 Å². The smallest absolute Gasteiger partial charge is 0.252 e. The summed E-state index contributed by atoms with van der Waals surface area (Å²) in [6, 6.07) is 7.53. The van der Waals surface area contributed by atoms with E-state index in [1.165, 1.54) is 6.07 Å². The number of para-hydroxylation sites is 1. The number of H-pyrrole nitrogens is 1. The highest BCUT2D eigenvalue weighted by Crippen LogP contribution is 2.21. The molecule has 118 valence electrons. The van der Waals surface area contributed by atoms with Gasteiger partial charge in [-0.15, -0.1) is 0 Å². The fourth-order valence-electron chi connectivity index (χ4n) is 2.56. The van der Waals surface area contributed by atoms with Crippen molar-refractivity contribution in [3.05, 3.63) is 51.6 Å². The molecule has 2 heterocycles. The van der Waals surface area contributed by atoms with Gasteiger partial charge in [-0.1, -0.05) is 31.5 Å². The van der Waals surface area contributed by atoms with Crippen LogP contribution in [0, 0.1) is 13.8 Å². The number of aryl methyl sites for hydroxylation is 3. The predicted molar refractivity (Wildman–Crippen MR) is 91.1 cm³/mol. The average Bonchev–Trinajstić information content (AvgIpc) is 2.48. The summed E-state index contributed by atoms with van der Waals surface area (Å²) >= 11 is 0. The molecule has 0 fully saturated rings. The molecular weight excluding hydrogens is 290 g/mol. The fourth-order valence-corrected chi connectivity index (χ4v) is 2.56. The monoisotopic (exact) mass is 309 g/mol. The van der Waals surface area contributed by atoms with Gasteiger partial charge in [-0.2, -0.15) is 0 Å². The van der Waals surface area contributed by atoms with E-state index in [-0.39, 0.29) is 5.56 Å². The van der Waals surface area contributed by atoms with E-state index in [4.69, 9.17) is 0 Å². The molecule has 0 unspecified atom stereocenters. The van der Waals surface area contributed by atoms with Crippen LogP contribution in [0.2, 0.25) is 0 Å². The molecule has 0 aliphatic carbocycles. The number of benzene rings is 1. The molecular formula is C17H19N5O. The van der Waals surface area contributed by atoms with Crippen LogP contribution in [0.25, 0.3) is 10.9 Å². The molecule has 0 spiro atoms. The molecule has 6 nitrogen and oxygen atoms in total. The van der Waals surface area contributed by atoms with Crippen LogP contribution in [0.3, 0.4) is 0 Å². The molecule has 3 aromatic rings. The number of anilines is 2. The van der Waals surface area contributed by atoms with Gasteiger partial charge in [0, 0.05) is 17.1 Å². The molecule has 0 saturated carbocycles. The first-order valence-corrected chi connectivity index (χ1v) is 7.68. The number of rotatable bonds is 4. The van der Waals surface area contributed by atoms with Crippen LogP contribution >= 0.6 is 0 Å². The van der Waals surface area contributed by atoms with Crippen molar-refractivity contribution in [2.24, 2.45) is 0 Å². The third-order valence-corrected chi connectivity index (χ3v) is 3.65. The first-order valence-electron chi connectivity index (χ1n) is 7.68. The van der Waals surface area contributed by atoms with Crippen LogP contribution in [0.15, 0.2) is 29.1 Å². The number of aromatic amines is 1. The first-order chi connectivity index (χ1) is 11.1. The lowest BCUT2D eigenvalue weighted by Gasteiger charge is -2.09. The molecule has 0 bridgehead atoms. The molecule has 0 aliphatic heterocycles. The third kappa shape index (κ3) is 3.21. The van der Waals surface area contributed by atoms with Gasteiger partial charge in [0.25, 0.3) is 5.56 Å². The average molecular weight is 309 g/mol. The second kappa shape index (κ2) is 6.16. The van der Waals surface area contributed by atoms with E-state index >= 15 is 0 Å². The van der Waals surface area contributed by atoms with Crippen molar-refractivity contribution in [1.29, 1.82) is 0 Å². The molecule has 6 heteroatoms. The zero-order chi connectivity index (χ0) is 16.4. The lowest BCUT2D eigenvalue weighted by Crippen LogP contribution is -2.13. The van der Waals surface area contributed by atoms with Crippen LogP contribution < -0.4 is 10.9 Å². The topological polar surface area (TPSA) is 83.6 Å². The van der Waals surface area contributed by atoms with Crippen molar-refractivity contribution in [3.63, 3.8) is 0 Å². The number of aromatic nitrogens is 4. The molecule has 0 saturated heterocycles. The van der Waals surface area contributed by atoms with E-state index in [0.29, 0.717) is 11.9 Å². The van der Waals surface area contributed by atoms with Crippen LogP contribution in [0.5, 0.6) is 0 Å². The molecule has 3 rings (SSSR count). The van der Waals surface area contributed by atoms with E-state index < -0.39 is 0 Å². The molecule has 0 atom stereocenters. The van der Waals surface area contributed by atoms with E-state index in [1.807, 2.05) is 32.0 Å². The molecule has 2 aromatic heterocycles. The van der Waals surface area contributed by atoms with Crippen molar-refractivity contribution in [1.82, 2.24) is 19.9 Å². The molecule has 0 radical (unpaired) electrons. The van der Waals surface area contributed by atoms with Crippen LogP contribution in [0.1, 0.15) is 30.3 Å². The van der Waals surface area contributed by atoms with Gasteiger partial charge in [0.1, 0.15) is 0 Å². The Kier molecular flexibility index (Phi) is 4.06. The van der Waals surface area contributed by atoms with Gasteiger partial charge in [0.2, 0.25) is 11.9 Å². The Balaban J connectivity index is 2.02. The Labute approximate surface area is 134 Å². The maximum atomic E-state index is 11.7. The predicted octanol–water partition coefficient (Wildman–Crippen LogP) is 3.03. The fraction of sp³-hybridized carbons (Fsp3) is 0.294. The molecule has 2 N–H and O–H groups in total. The highest BCUT2D eigenvalue weighted by Gasteiger charge is 2.08. The minimum absolute atomic E-state index is 0.181. The Morgan fingerprint density at radius 3 is 2.78 bits per heavy atom. The summed E-state index contributed by atoms with van der Waals surface area (Å²) in [5.41, 5.74) is 3.44. The number of hydrogen-bond acceptors (Lipinski definition) is 5. The SMILES string of the molecule is CCCc1cc(=O)[nH]c(Nc2nc(C)c3cccc(C)c3n2)n1. The molecule has 0 aliphatic rings. The summed E-state index contributed by atoms with van der Waals surface area (Å²) in [6.45, 7) is 6.01. The standard InChI is InChI=1S/C17H19N5O/c1-4-6-12-9-14(23)20-17(19-12)22-16-18-11(3)13-8-5-7-10(2)15(13)21-16/h5,7-9H,4,6H2,1-3H3,(H2,18,19,20,21,22,23). The van der Waals surface area contributed by atoms with Gasteiger partial charge in [0.15, 0.2) is 0 Å². The maximum Gasteiger partial charge on any atom is 0.252 e. The summed E-state index contributed by atoms with van der Waals surface area (Å²) in [5.74, 6) is 0.800. The Morgan fingerprint density at radius 1 is 1.17 bits per heavy atom. The lowest BCUT2D eigenvalue weighted by atomic mass is 10.1. The van der Waals surface area contributed by atoms with Gasteiger partial charge < -0.3 is 0 Å². The Hall–Kier alpha value is -2.76. The zero-order valence-electron chi connectivity index (χ0n) is 13.5. The van der Waals surface area contributed by atoms with Crippen LogP contribution in [0.4, 0.5) is 11.9 Å². The second-order valence-corrected chi connectivity index (χ2v) is 5.56. The van der Waals surface area contributed by atoms with E-state index in [0.717, 1.165) is 40.7 Å². The molecule has 0 amide bonds. The van der Waals surface area contributed by atoms with Crippen LogP contribution in [-0.4, -0.2) is 19.9 Å². The van der Waals surface area contributed by atoms with Crippen LogP contribution in [-0.2, 0) is 6.42 Å². The Morgan fingerprint density at radius 2 is 2.00 bits per heavy atom. The zero-order valence-corrected chi connectivity index (χ0v) is 13.5. The van der Waals surface area contributed by atoms with E-state index in [9.17, 15) is 4.79 Å². The third-order valence-electron chi connectivity index (χ3n) is 3.65.